The maximum atomic E-state index is 10.9. The fraction of sp³-hybridized carbons (Fsp3) is 0.600. The van der Waals surface area contributed by atoms with Gasteiger partial charge in [-0.15, -0.1) is 0 Å². The van der Waals surface area contributed by atoms with Crippen molar-refractivity contribution in [1.29, 1.82) is 0 Å². The molecule has 1 heterocycles. The molecule has 0 aromatic carbocycles. The maximum absolute atomic E-state index is 10.9. The largest absolute Gasteiger partial charge is 0.378 e. The normalized spacial score (nSPS) is 10.7. The molecule has 0 fully saturated rings. The van der Waals surface area contributed by atoms with Crippen LogP contribution in [0, 0.1) is 10.1 Å². The predicted molar refractivity (Wildman–Crippen MR) is 67.5 cm³/mol. The number of nitrogens with zero attached hydrogens (tertiary/aromatic N) is 4. The van der Waals surface area contributed by atoms with Crippen LogP contribution in [0.2, 0.25) is 0 Å². The van der Waals surface area contributed by atoms with Gasteiger partial charge in [0.2, 0.25) is 11.6 Å². The Hall–Kier alpha value is -1.96. The van der Waals surface area contributed by atoms with Gasteiger partial charge in [-0.2, -0.15) is 0 Å². The first-order valence-corrected chi connectivity index (χ1v) is 5.51. The number of hydrogen-bond acceptors (Lipinski definition) is 7. The van der Waals surface area contributed by atoms with Gasteiger partial charge >= 0.3 is 5.69 Å². The van der Waals surface area contributed by atoms with Gasteiger partial charge < -0.3 is 15.4 Å². The van der Waals surface area contributed by atoms with Gasteiger partial charge in [0.25, 0.3) is 0 Å². The van der Waals surface area contributed by atoms with Crippen molar-refractivity contribution in [2.24, 2.45) is 0 Å². The van der Waals surface area contributed by atoms with Crippen LogP contribution >= 0.6 is 0 Å². The molecule has 0 spiro atoms. The Morgan fingerprint density at radius 3 is 2.78 bits per heavy atom. The zero-order chi connectivity index (χ0) is 13.7. The number of likely N-dealkylation sites (N-methyl/N-ethyl adjacent to an activating group) is 1. The standard InChI is InChI=1S/C10H17N5O3/c1-7(2)18-5-4-14(3)10-8(15(16)17)9(11)12-6-13-10/h6-7H,4-5H2,1-3H3,(H2,11,12,13). The van der Waals surface area contributed by atoms with Crippen molar-refractivity contribution in [2.45, 2.75) is 20.0 Å². The molecule has 2 N–H and O–H groups in total. The van der Waals surface area contributed by atoms with Gasteiger partial charge in [-0.25, -0.2) is 9.97 Å². The van der Waals surface area contributed by atoms with E-state index >= 15 is 0 Å². The van der Waals surface area contributed by atoms with Gasteiger partial charge in [-0.3, -0.25) is 10.1 Å². The van der Waals surface area contributed by atoms with E-state index in [1.165, 1.54) is 6.33 Å². The molecular weight excluding hydrogens is 238 g/mol. The minimum Gasteiger partial charge on any atom is -0.378 e. The lowest BCUT2D eigenvalue weighted by molar-refractivity contribution is -0.383. The molecule has 8 heteroatoms. The Morgan fingerprint density at radius 1 is 1.56 bits per heavy atom. The molecule has 0 aliphatic rings. The molecule has 0 unspecified atom stereocenters. The van der Waals surface area contributed by atoms with E-state index in [0.29, 0.717) is 13.2 Å². The highest BCUT2D eigenvalue weighted by molar-refractivity contribution is 5.68. The quantitative estimate of drug-likeness (QED) is 0.592. The average molecular weight is 255 g/mol. The first-order chi connectivity index (χ1) is 8.43. The van der Waals surface area contributed by atoms with E-state index in [2.05, 4.69) is 9.97 Å². The summed E-state index contributed by atoms with van der Waals surface area (Å²) in [7, 11) is 1.69. The molecule has 0 saturated heterocycles. The van der Waals surface area contributed by atoms with Crippen molar-refractivity contribution in [3.63, 3.8) is 0 Å². The summed E-state index contributed by atoms with van der Waals surface area (Å²) >= 11 is 0. The number of aromatic nitrogens is 2. The summed E-state index contributed by atoms with van der Waals surface area (Å²) in [6.45, 7) is 4.78. The third kappa shape index (κ3) is 3.52. The lowest BCUT2D eigenvalue weighted by Gasteiger charge is -2.18. The van der Waals surface area contributed by atoms with Gasteiger partial charge in [0, 0.05) is 13.6 Å². The summed E-state index contributed by atoms with van der Waals surface area (Å²) in [5, 5.41) is 10.9. The van der Waals surface area contributed by atoms with Gasteiger partial charge in [-0.1, -0.05) is 0 Å². The summed E-state index contributed by atoms with van der Waals surface area (Å²) in [5.41, 5.74) is 5.21. The van der Waals surface area contributed by atoms with Gasteiger partial charge in [0.1, 0.15) is 6.33 Å². The van der Waals surface area contributed by atoms with E-state index in [4.69, 9.17) is 10.5 Å². The van der Waals surface area contributed by atoms with Crippen LogP contribution in [0.1, 0.15) is 13.8 Å². The SMILES string of the molecule is CC(C)OCCN(C)c1ncnc(N)c1[N+](=O)[O-]. The molecule has 8 nitrogen and oxygen atoms in total. The molecule has 0 saturated carbocycles. The summed E-state index contributed by atoms with van der Waals surface area (Å²) in [6, 6.07) is 0. The molecular formula is C10H17N5O3. The second-order valence-corrected chi connectivity index (χ2v) is 4.03. The molecule has 0 aliphatic carbocycles. The highest BCUT2D eigenvalue weighted by Gasteiger charge is 2.23. The Labute approximate surface area is 105 Å². The molecule has 0 radical (unpaired) electrons. The van der Waals surface area contributed by atoms with Crippen LogP contribution in [0.4, 0.5) is 17.3 Å². The molecule has 0 bridgehead atoms. The fourth-order valence-electron chi connectivity index (χ4n) is 1.37. The van der Waals surface area contributed by atoms with E-state index in [1.807, 2.05) is 13.8 Å². The van der Waals surface area contributed by atoms with Gasteiger partial charge in [0.05, 0.1) is 17.6 Å². The fourth-order valence-corrected chi connectivity index (χ4v) is 1.37. The van der Waals surface area contributed by atoms with Gasteiger partial charge in [-0.05, 0) is 13.8 Å². The molecule has 0 atom stereocenters. The zero-order valence-electron chi connectivity index (χ0n) is 10.7. The van der Waals surface area contributed by atoms with Crippen molar-refractivity contribution >= 4 is 17.3 Å². The van der Waals surface area contributed by atoms with Crippen LogP contribution in [0.25, 0.3) is 0 Å². The average Bonchev–Trinajstić information content (AvgIpc) is 2.27. The molecule has 0 aliphatic heterocycles. The van der Waals surface area contributed by atoms with Crippen LogP contribution in [0.5, 0.6) is 0 Å². The Morgan fingerprint density at radius 2 is 2.22 bits per heavy atom. The van der Waals surface area contributed by atoms with Crippen LogP contribution in [-0.2, 0) is 4.74 Å². The summed E-state index contributed by atoms with van der Waals surface area (Å²) in [4.78, 5) is 19.5. The lowest BCUT2D eigenvalue weighted by atomic mass is 10.4. The molecule has 1 aromatic heterocycles. The molecule has 100 valence electrons. The van der Waals surface area contributed by atoms with Crippen LogP contribution < -0.4 is 10.6 Å². The molecule has 1 aromatic rings. The summed E-state index contributed by atoms with van der Waals surface area (Å²) < 4.78 is 5.38. The second kappa shape index (κ2) is 6.10. The number of ether oxygens (including phenoxy) is 1. The van der Waals surface area contributed by atoms with Crippen molar-refractivity contribution in [3.8, 4) is 0 Å². The monoisotopic (exact) mass is 255 g/mol. The van der Waals surface area contributed by atoms with Gasteiger partial charge in [0.15, 0.2) is 0 Å². The predicted octanol–water partition coefficient (Wildman–Crippen LogP) is 0.828. The van der Waals surface area contributed by atoms with E-state index in [1.54, 1.807) is 11.9 Å². The van der Waals surface area contributed by atoms with Crippen molar-refractivity contribution in [2.75, 3.05) is 30.8 Å². The summed E-state index contributed by atoms with van der Waals surface area (Å²) in [6.07, 6.45) is 1.32. The number of nitro groups is 1. The van der Waals surface area contributed by atoms with Crippen LogP contribution in [0.15, 0.2) is 6.33 Å². The molecule has 18 heavy (non-hydrogen) atoms. The minimum absolute atomic E-state index is 0.115. The Kier molecular flexibility index (Phi) is 4.78. The Balaban J connectivity index is 2.82. The minimum atomic E-state index is -0.579. The molecule has 1 rings (SSSR count). The van der Waals surface area contributed by atoms with Crippen molar-refractivity contribution in [3.05, 3.63) is 16.4 Å². The van der Waals surface area contributed by atoms with Crippen molar-refractivity contribution < 1.29 is 9.66 Å². The zero-order valence-corrected chi connectivity index (χ0v) is 10.7. The van der Waals surface area contributed by atoms with E-state index in [9.17, 15) is 10.1 Å². The van der Waals surface area contributed by atoms with E-state index in [-0.39, 0.29) is 23.4 Å². The van der Waals surface area contributed by atoms with Crippen LogP contribution in [-0.4, -0.2) is 41.2 Å². The van der Waals surface area contributed by atoms with E-state index in [0.717, 1.165) is 0 Å². The van der Waals surface area contributed by atoms with Crippen molar-refractivity contribution in [1.82, 2.24) is 9.97 Å². The first kappa shape index (κ1) is 14.1. The third-order valence-corrected chi connectivity index (χ3v) is 2.25. The number of nitrogens with two attached hydrogens (primary N) is 1. The number of hydrogen-bond donors (Lipinski definition) is 1. The summed E-state index contributed by atoms with van der Waals surface area (Å²) in [5.74, 6) is 0.0569. The number of anilines is 2. The first-order valence-electron chi connectivity index (χ1n) is 5.51. The second-order valence-electron chi connectivity index (χ2n) is 4.03. The topological polar surface area (TPSA) is 107 Å². The Bertz CT molecular complexity index is 424. The highest BCUT2D eigenvalue weighted by Crippen LogP contribution is 2.28. The smallest absolute Gasteiger partial charge is 0.353 e. The third-order valence-electron chi connectivity index (χ3n) is 2.25. The maximum Gasteiger partial charge on any atom is 0.353 e. The highest BCUT2D eigenvalue weighted by atomic mass is 16.6. The van der Waals surface area contributed by atoms with E-state index < -0.39 is 4.92 Å². The molecule has 0 amide bonds. The number of nitrogen functional groups attached to an aromatic ring is 1. The van der Waals surface area contributed by atoms with Crippen LogP contribution in [0.3, 0.4) is 0 Å². The lowest BCUT2D eigenvalue weighted by Crippen LogP contribution is -2.26. The number of rotatable bonds is 6.